The van der Waals surface area contributed by atoms with Crippen molar-refractivity contribution in [1.82, 2.24) is 9.97 Å². The fourth-order valence-corrected chi connectivity index (χ4v) is 1.65. The Labute approximate surface area is 120 Å². The van der Waals surface area contributed by atoms with Gasteiger partial charge < -0.3 is 4.74 Å². The molecule has 20 heavy (non-hydrogen) atoms. The molecule has 0 saturated heterocycles. The van der Waals surface area contributed by atoms with E-state index in [2.05, 4.69) is 9.97 Å². The quantitative estimate of drug-likeness (QED) is 0.591. The molecular weight excluding hydrogens is 323 g/mol. The summed E-state index contributed by atoms with van der Waals surface area (Å²) in [7, 11) is 0. The second-order valence-corrected chi connectivity index (χ2v) is 4.28. The van der Waals surface area contributed by atoms with E-state index in [1.807, 2.05) is 0 Å². The molecule has 1 aromatic heterocycles. The van der Waals surface area contributed by atoms with E-state index in [0.29, 0.717) is 6.07 Å². The average molecular weight is 327 g/mol. The molecule has 0 radical (unpaired) electrons. The van der Waals surface area contributed by atoms with E-state index in [0.717, 1.165) is 18.2 Å². The molecule has 0 amide bonds. The molecule has 0 atom stereocenters. The highest BCUT2D eigenvalue weighted by Gasteiger charge is 2.34. The predicted octanol–water partition coefficient (Wildman–Crippen LogP) is 4.73. The second kappa shape index (κ2) is 5.41. The first-order valence-corrected chi connectivity index (χ1v) is 5.76. The summed E-state index contributed by atoms with van der Waals surface area (Å²) >= 11 is 11.1. The van der Waals surface area contributed by atoms with Crippen molar-refractivity contribution in [1.29, 1.82) is 0 Å². The summed E-state index contributed by atoms with van der Waals surface area (Å²) in [5, 5.41) is -0.749. The van der Waals surface area contributed by atoms with Crippen molar-refractivity contribution in [3.8, 4) is 11.6 Å². The van der Waals surface area contributed by atoms with Gasteiger partial charge in [-0.3, -0.25) is 0 Å². The maximum absolute atomic E-state index is 12.8. The van der Waals surface area contributed by atoms with Gasteiger partial charge in [0.05, 0.1) is 5.02 Å². The smallest absolute Gasteiger partial charge is 0.433 e. The van der Waals surface area contributed by atoms with Gasteiger partial charge in [-0.15, -0.1) is 0 Å². The van der Waals surface area contributed by atoms with Gasteiger partial charge in [-0.05, 0) is 29.8 Å². The average Bonchev–Trinajstić information content (AvgIpc) is 2.31. The van der Waals surface area contributed by atoms with Crippen LogP contribution in [-0.4, -0.2) is 9.97 Å². The molecule has 0 unspecified atom stereocenters. The minimum absolute atomic E-state index is 0.0593. The summed E-state index contributed by atoms with van der Waals surface area (Å²) in [6, 6.07) is 3.70. The Balaban J connectivity index is 2.36. The van der Waals surface area contributed by atoms with Crippen LogP contribution in [0.5, 0.6) is 11.6 Å². The topological polar surface area (TPSA) is 35.0 Å². The molecule has 0 fully saturated rings. The Morgan fingerprint density at radius 1 is 1.05 bits per heavy atom. The third kappa shape index (κ3) is 3.49. The van der Waals surface area contributed by atoms with Gasteiger partial charge in [0.15, 0.2) is 5.69 Å². The lowest BCUT2D eigenvalue weighted by atomic mass is 10.3. The van der Waals surface area contributed by atoms with Crippen LogP contribution in [0, 0.1) is 5.82 Å². The van der Waals surface area contributed by atoms with E-state index in [4.69, 9.17) is 27.9 Å². The fraction of sp³-hybridized carbons (Fsp3) is 0.0909. The summed E-state index contributed by atoms with van der Waals surface area (Å²) < 4.78 is 55.5. The van der Waals surface area contributed by atoms with E-state index >= 15 is 0 Å². The van der Waals surface area contributed by atoms with Gasteiger partial charge in [0.1, 0.15) is 11.6 Å². The van der Waals surface area contributed by atoms with Crippen LogP contribution in [0.25, 0.3) is 0 Å². The number of aromatic nitrogens is 2. The van der Waals surface area contributed by atoms with Gasteiger partial charge in [0.25, 0.3) is 0 Å². The van der Waals surface area contributed by atoms with E-state index in [1.54, 1.807) is 0 Å². The number of rotatable bonds is 2. The molecule has 1 heterocycles. The SMILES string of the molecule is Fc1ccc(Oc2cc(C(F)(F)F)nc(Cl)n2)c(Cl)c1. The zero-order valence-electron chi connectivity index (χ0n) is 9.38. The highest BCUT2D eigenvalue weighted by molar-refractivity contribution is 6.32. The molecule has 0 aliphatic carbocycles. The zero-order valence-corrected chi connectivity index (χ0v) is 10.9. The van der Waals surface area contributed by atoms with Crippen molar-refractivity contribution in [2.45, 2.75) is 6.18 Å². The summed E-state index contributed by atoms with van der Waals surface area (Å²) in [5.74, 6) is -1.12. The predicted molar refractivity (Wildman–Crippen MR) is 63.5 cm³/mol. The van der Waals surface area contributed by atoms with Gasteiger partial charge in [-0.1, -0.05) is 11.6 Å². The van der Waals surface area contributed by atoms with Crippen molar-refractivity contribution in [2.75, 3.05) is 0 Å². The van der Waals surface area contributed by atoms with E-state index in [9.17, 15) is 17.6 Å². The highest BCUT2D eigenvalue weighted by Crippen LogP contribution is 2.33. The van der Waals surface area contributed by atoms with Crippen LogP contribution >= 0.6 is 23.2 Å². The molecule has 9 heteroatoms. The van der Waals surface area contributed by atoms with Crippen molar-refractivity contribution in [2.24, 2.45) is 0 Å². The van der Waals surface area contributed by atoms with E-state index < -0.39 is 28.9 Å². The maximum atomic E-state index is 12.8. The normalized spacial score (nSPS) is 11.5. The number of halogens is 6. The van der Waals surface area contributed by atoms with Crippen molar-refractivity contribution < 1.29 is 22.3 Å². The molecule has 106 valence electrons. The van der Waals surface area contributed by atoms with Crippen molar-refractivity contribution >= 4 is 23.2 Å². The van der Waals surface area contributed by atoms with Crippen LogP contribution in [-0.2, 0) is 6.18 Å². The second-order valence-electron chi connectivity index (χ2n) is 3.54. The Kier molecular flexibility index (Phi) is 4.01. The summed E-state index contributed by atoms with van der Waals surface area (Å²) in [6.45, 7) is 0. The summed E-state index contributed by atoms with van der Waals surface area (Å²) in [6.07, 6.45) is -4.70. The Bertz CT molecular complexity index is 649. The molecule has 2 aromatic rings. The van der Waals surface area contributed by atoms with Crippen molar-refractivity contribution in [3.05, 3.63) is 46.1 Å². The number of alkyl halides is 3. The van der Waals surface area contributed by atoms with Crippen LogP contribution in [0.4, 0.5) is 17.6 Å². The monoisotopic (exact) mass is 326 g/mol. The number of nitrogens with zero attached hydrogens (tertiary/aromatic N) is 2. The molecule has 0 aliphatic heterocycles. The maximum Gasteiger partial charge on any atom is 0.433 e. The van der Waals surface area contributed by atoms with E-state index in [1.165, 1.54) is 0 Å². The minimum atomic E-state index is -4.70. The summed E-state index contributed by atoms with van der Waals surface area (Å²) in [5.41, 5.74) is -1.26. The molecule has 3 nitrogen and oxygen atoms in total. The summed E-state index contributed by atoms with van der Waals surface area (Å²) in [4.78, 5) is 6.53. The molecule has 2 rings (SSSR count). The van der Waals surface area contributed by atoms with Gasteiger partial charge in [0.2, 0.25) is 11.2 Å². The number of ether oxygens (including phenoxy) is 1. The van der Waals surface area contributed by atoms with Crippen LogP contribution in [0.3, 0.4) is 0 Å². The lowest BCUT2D eigenvalue weighted by Crippen LogP contribution is -2.09. The standard InChI is InChI=1S/C11H4Cl2F4N2O/c12-6-3-5(14)1-2-7(6)20-9-4-8(11(15,16)17)18-10(13)19-9/h1-4H. The van der Waals surface area contributed by atoms with Gasteiger partial charge in [0, 0.05) is 6.07 Å². The first kappa shape index (κ1) is 14.8. The largest absolute Gasteiger partial charge is 0.437 e. The molecular formula is C11H4Cl2F4N2O. The van der Waals surface area contributed by atoms with Gasteiger partial charge >= 0.3 is 6.18 Å². The fourth-order valence-electron chi connectivity index (χ4n) is 1.26. The number of hydrogen-bond donors (Lipinski definition) is 0. The molecule has 0 bridgehead atoms. The van der Waals surface area contributed by atoms with E-state index in [-0.39, 0.29) is 10.8 Å². The zero-order chi connectivity index (χ0) is 14.9. The van der Waals surface area contributed by atoms with Gasteiger partial charge in [-0.2, -0.15) is 18.2 Å². The Morgan fingerprint density at radius 2 is 1.75 bits per heavy atom. The van der Waals surface area contributed by atoms with Crippen LogP contribution in [0.2, 0.25) is 10.3 Å². The molecule has 0 aliphatic rings. The van der Waals surface area contributed by atoms with Crippen LogP contribution in [0.15, 0.2) is 24.3 Å². The van der Waals surface area contributed by atoms with Crippen molar-refractivity contribution in [3.63, 3.8) is 0 Å². The Hall–Kier alpha value is -1.60. The lowest BCUT2D eigenvalue weighted by molar-refractivity contribution is -0.141. The minimum Gasteiger partial charge on any atom is -0.437 e. The number of hydrogen-bond acceptors (Lipinski definition) is 3. The molecule has 1 aromatic carbocycles. The lowest BCUT2D eigenvalue weighted by Gasteiger charge is -2.10. The number of benzene rings is 1. The van der Waals surface area contributed by atoms with Crippen LogP contribution in [0.1, 0.15) is 5.69 Å². The third-order valence-electron chi connectivity index (χ3n) is 2.07. The van der Waals surface area contributed by atoms with Crippen LogP contribution < -0.4 is 4.74 Å². The first-order chi connectivity index (χ1) is 9.25. The first-order valence-electron chi connectivity index (χ1n) is 5.00. The molecule has 0 spiro atoms. The third-order valence-corrected chi connectivity index (χ3v) is 2.54. The van der Waals surface area contributed by atoms with Gasteiger partial charge in [-0.25, -0.2) is 9.37 Å². The molecule has 0 saturated carbocycles. The highest BCUT2D eigenvalue weighted by atomic mass is 35.5. The molecule has 0 N–H and O–H groups in total. The Morgan fingerprint density at radius 3 is 2.35 bits per heavy atom.